The van der Waals surface area contributed by atoms with E-state index in [4.69, 9.17) is 19.7 Å². The molecule has 0 aliphatic rings. The summed E-state index contributed by atoms with van der Waals surface area (Å²) in [6, 6.07) is 0. The maximum Gasteiger partial charge on any atom is 0.0809 e. The summed E-state index contributed by atoms with van der Waals surface area (Å²) in [7, 11) is 0. The van der Waals surface area contributed by atoms with Gasteiger partial charge in [-0.1, -0.05) is 13.3 Å². The highest BCUT2D eigenvalue weighted by Gasteiger charge is 2.10. The van der Waals surface area contributed by atoms with Gasteiger partial charge in [0.2, 0.25) is 0 Å². The Kier molecular flexibility index (Phi) is 9.00. The van der Waals surface area contributed by atoms with Gasteiger partial charge in [-0.25, -0.2) is 0 Å². The van der Waals surface area contributed by atoms with Crippen molar-refractivity contribution in [2.24, 2.45) is 0 Å². The third kappa shape index (κ3) is 10.1. The normalized spacial score (nSPS) is 17.4. The lowest BCUT2D eigenvalue weighted by atomic mass is 10.2. The number of hydrogen-bond acceptors (Lipinski definition) is 4. The van der Waals surface area contributed by atoms with Crippen LogP contribution in [0, 0.1) is 0 Å². The van der Waals surface area contributed by atoms with Crippen molar-refractivity contribution in [3.05, 3.63) is 0 Å². The van der Waals surface area contributed by atoms with Gasteiger partial charge in [-0.2, -0.15) is 0 Å². The van der Waals surface area contributed by atoms with Crippen molar-refractivity contribution >= 4 is 0 Å². The Hall–Kier alpha value is -0.160. The molecular formula is C11H24O4. The van der Waals surface area contributed by atoms with Crippen LogP contribution in [0.4, 0.5) is 0 Å². The van der Waals surface area contributed by atoms with Gasteiger partial charge in [-0.15, -0.1) is 0 Å². The van der Waals surface area contributed by atoms with Gasteiger partial charge in [0, 0.05) is 0 Å². The van der Waals surface area contributed by atoms with E-state index in [9.17, 15) is 0 Å². The molecule has 0 radical (unpaired) electrons. The average molecular weight is 220 g/mol. The monoisotopic (exact) mass is 220 g/mol. The van der Waals surface area contributed by atoms with Gasteiger partial charge in [0.1, 0.15) is 0 Å². The molecule has 0 rings (SSSR count). The summed E-state index contributed by atoms with van der Waals surface area (Å²) < 4.78 is 10.8. The predicted molar refractivity (Wildman–Crippen MR) is 58.8 cm³/mol. The minimum absolute atomic E-state index is 0.0170. The molecule has 4 nitrogen and oxygen atoms in total. The van der Waals surface area contributed by atoms with E-state index in [1.807, 2.05) is 0 Å². The predicted octanol–water partition coefficient (Wildman–Crippen LogP) is 0.950. The first-order valence-corrected chi connectivity index (χ1v) is 5.61. The molecule has 0 aliphatic heterocycles. The Balaban J connectivity index is 3.62. The molecule has 0 aromatic heterocycles. The highest BCUT2D eigenvalue weighted by Crippen LogP contribution is 2.04. The van der Waals surface area contributed by atoms with Crippen LogP contribution in [0.25, 0.3) is 0 Å². The van der Waals surface area contributed by atoms with Gasteiger partial charge in [0.05, 0.1) is 38.1 Å². The summed E-state index contributed by atoms with van der Waals surface area (Å²) in [5, 5.41) is 18.1. The number of aliphatic hydroxyl groups excluding tert-OH is 2. The van der Waals surface area contributed by atoms with Crippen LogP contribution in [0.5, 0.6) is 0 Å². The fourth-order valence-corrected chi connectivity index (χ4v) is 1.18. The maximum atomic E-state index is 9.08. The van der Waals surface area contributed by atoms with Gasteiger partial charge in [-0.05, 0) is 20.3 Å². The molecule has 92 valence electrons. The van der Waals surface area contributed by atoms with Crippen molar-refractivity contribution in [3.8, 4) is 0 Å². The van der Waals surface area contributed by atoms with Gasteiger partial charge in [-0.3, -0.25) is 0 Å². The summed E-state index contributed by atoms with van der Waals surface area (Å²) >= 11 is 0. The molecule has 0 amide bonds. The van der Waals surface area contributed by atoms with Crippen molar-refractivity contribution in [2.45, 2.75) is 51.9 Å². The minimum Gasteiger partial charge on any atom is -0.391 e. The van der Waals surface area contributed by atoms with E-state index in [-0.39, 0.29) is 6.10 Å². The zero-order valence-electron chi connectivity index (χ0n) is 9.98. The Bertz CT molecular complexity index is 137. The van der Waals surface area contributed by atoms with Crippen LogP contribution in [-0.4, -0.2) is 48.3 Å². The van der Waals surface area contributed by atoms with Crippen LogP contribution < -0.4 is 0 Å². The van der Waals surface area contributed by atoms with Crippen LogP contribution in [0.15, 0.2) is 0 Å². The molecule has 4 heteroatoms. The lowest BCUT2D eigenvalue weighted by molar-refractivity contribution is -0.0595. The number of rotatable bonds is 9. The smallest absolute Gasteiger partial charge is 0.0809 e. The van der Waals surface area contributed by atoms with Crippen LogP contribution in [0.2, 0.25) is 0 Å². The summed E-state index contributed by atoms with van der Waals surface area (Å²) in [6.45, 7) is 6.60. The van der Waals surface area contributed by atoms with E-state index in [2.05, 4.69) is 6.92 Å². The lowest BCUT2D eigenvalue weighted by Gasteiger charge is -2.18. The second-order valence-corrected chi connectivity index (χ2v) is 3.98. The van der Waals surface area contributed by atoms with E-state index in [0.29, 0.717) is 19.8 Å². The molecule has 3 unspecified atom stereocenters. The van der Waals surface area contributed by atoms with Gasteiger partial charge >= 0.3 is 0 Å². The van der Waals surface area contributed by atoms with Crippen molar-refractivity contribution in [1.82, 2.24) is 0 Å². The van der Waals surface area contributed by atoms with Gasteiger partial charge in [0.25, 0.3) is 0 Å². The van der Waals surface area contributed by atoms with Crippen molar-refractivity contribution in [3.63, 3.8) is 0 Å². The summed E-state index contributed by atoms with van der Waals surface area (Å²) in [6.07, 6.45) is 1.06. The largest absolute Gasteiger partial charge is 0.391 e. The van der Waals surface area contributed by atoms with Gasteiger partial charge in [0.15, 0.2) is 0 Å². The molecule has 0 bridgehead atoms. The number of hydrogen-bond donors (Lipinski definition) is 2. The molecule has 0 aliphatic carbocycles. The minimum atomic E-state index is -0.443. The number of ether oxygens (including phenoxy) is 2. The van der Waals surface area contributed by atoms with Crippen molar-refractivity contribution < 1.29 is 19.7 Å². The quantitative estimate of drug-likeness (QED) is 0.607. The first-order chi connectivity index (χ1) is 7.06. The zero-order chi connectivity index (χ0) is 11.7. The third-order valence-corrected chi connectivity index (χ3v) is 1.85. The molecule has 15 heavy (non-hydrogen) atoms. The first-order valence-electron chi connectivity index (χ1n) is 5.61. The van der Waals surface area contributed by atoms with E-state index in [1.165, 1.54) is 0 Å². The second-order valence-electron chi connectivity index (χ2n) is 3.98. The fraction of sp³-hybridized carbons (Fsp3) is 1.00. The highest BCUT2D eigenvalue weighted by molar-refractivity contribution is 4.58. The Labute approximate surface area is 92.2 Å². The van der Waals surface area contributed by atoms with Crippen molar-refractivity contribution in [1.29, 1.82) is 0 Å². The Morgan fingerprint density at radius 2 is 1.60 bits per heavy atom. The van der Waals surface area contributed by atoms with E-state index < -0.39 is 12.2 Å². The lowest BCUT2D eigenvalue weighted by Crippen LogP contribution is -2.25. The molecule has 0 saturated carbocycles. The molecular weight excluding hydrogens is 196 g/mol. The fourth-order valence-electron chi connectivity index (χ4n) is 1.18. The number of aliphatic hydroxyl groups is 2. The first kappa shape index (κ1) is 14.8. The van der Waals surface area contributed by atoms with Crippen LogP contribution in [-0.2, 0) is 9.47 Å². The molecule has 0 fully saturated rings. The van der Waals surface area contributed by atoms with Crippen LogP contribution in [0.1, 0.15) is 33.6 Å². The Morgan fingerprint density at radius 3 is 2.07 bits per heavy atom. The summed E-state index contributed by atoms with van der Waals surface area (Å²) in [5.41, 5.74) is 0. The molecule has 2 N–H and O–H groups in total. The van der Waals surface area contributed by atoms with E-state index >= 15 is 0 Å². The van der Waals surface area contributed by atoms with Gasteiger partial charge < -0.3 is 19.7 Å². The van der Waals surface area contributed by atoms with E-state index in [1.54, 1.807) is 13.8 Å². The standard InChI is InChI=1S/C11H24O4/c1-4-5-11(15-7-10(3)13)8-14-6-9(2)12/h9-13H,4-8H2,1-3H3. The maximum absolute atomic E-state index is 9.08. The van der Waals surface area contributed by atoms with Crippen molar-refractivity contribution in [2.75, 3.05) is 19.8 Å². The molecule has 3 atom stereocenters. The van der Waals surface area contributed by atoms with E-state index in [0.717, 1.165) is 12.8 Å². The summed E-state index contributed by atoms with van der Waals surface area (Å²) in [5.74, 6) is 0. The molecule has 0 heterocycles. The topological polar surface area (TPSA) is 58.9 Å². The zero-order valence-corrected chi connectivity index (χ0v) is 9.98. The Morgan fingerprint density at radius 1 is 1.00 bits per heavy atom. The molecule has 0 aromatic carbocycles. The highest BCUT2D eigenvalue weighted by atomic mass is 16.5. The van der Waals surface area contributed by atoms with Crippen LogP contribution in [0.3, 0.4) is 0 Å². The SMILES string of the molecule is CCCC(COCC(C)O)OCC(C)O. The molecule has 0 spiro atoms. The summed E-state index contributed by atoms with van der Waals surface area (Å²) in [4.78, 5) is 0. The average Bonchev–Trinajstić information content (AvgIpc) is 2.13. The van der Waals surface area contributed by atoms with Crippen LogP contribution >= 0.6 is 0 Å². The molecule has 0 aromatic rings. The third-order valence-electron chi connectivity index (χ3n) is 1.85. The second kappa shape index (κ2) is 9.09. The molecule has 0 saturated heterocycles.